The van der Waals surface area contributed by atoms with Gasteiger partial charge in [0.15, 0.2) is 0 Å². The lowest BCUT2D eigenvalue weighted by Gasteiger charge is -2.05. The van der Waals surface area contributed by atoms with Crippen LogP contribution in [-0.4, -0.2) is 29.2 Å². The highest BCUT2D eigenvalue weighted by molar-refractivity contribution is 6.03. The third kappa shape index (κ3) is 4.34. The van der Waals surface area contributed by atoms with Crippen molar-refractivity contribution in [2.75, 3.05) is 12.4 Å². The molecule has 0 fully saturated rings. The van der Waals surface area contributed by atoms with E-state index in [0.717, 1.165) is 5.56 Å². The molecule has 0 unspecified atom stereocenters. The largest absolute Gasteiger partial charge is 0.507 e. The van der Waals surface area contributed by atoms with Crippen LogP contribution in [0.5, 0.6) is 11.5 Å². The Morgan fingerprint density at radius 2 is 1.96 bits per heavy atom. The molecule has 1 amide bonds. The summed E-state index contributed by atoms with van der Waals surface area (Å²) in [5, 5.41) is 20.9. The summed E-state index contributed by atoms with van der Waals surface area (Å²) in [6, 6.07) is 11.0. The molecule has 2 rings (SSSR count). The van der Waals surface area contributed by atoms with Gasteiger partial charge in [-0.2, -0.15) is 0 Å². The quantitative estimate of drug-likeness (QED) is 0.582. The van der Waals surface area contributed by atoms with E-state index in [2.05, 4.69) is 5.32 Å². The summed E-state index contributed by atoms with van der Waals surface area (Å²) in [6.07, 6.45) is 2.93. The summed E-state index contributed by atoms with van der Waals surface area (Å²) in [5.74, 6) is -1.38. The number of carbonyl (C=O) groups excluding carboxylic acids is 1. The first kappa shape index (κ1) is 16.1. The number of rotatable bonds is 5. The first-order valence-electron chi connectivity index (χ1n) is 6.69. The van der Waals surface area contributed by atoms with E-state index >= 15 is 0 Å². The van der Waals surface area contributed by atoms with E-state index in [1.807, 2.05) is 6.07 Å². The van der Waals surface area contributed by atoms with Gasteiger partial charge >= 0.3 is 5.97 Å². The van der Waals surface area contributed by atoms with Crippen LogP contribution < -0.4 is 10.1 Å². The van der Waals surface area contributed by atoms with Crippen molar-refractivity contribution in [2.24, 2.45) is 0 Å². The van der Waals surface area contributed by atoms with Gasteiger partial charge < -0.3 is 20.3 Å². The molecular weight excluding hydrogens is 298 g/mol. The number of aromatic carboxylic acids is 1. The fourth-order valence-electron chi connectivity index (χ4n) is 1.89. The smallest absolute Gasteiger partial charge is 0.339 e. The predicted octanol–water partition coefficient (Wildman–Crippen LogP) is 2.75. The molecule has 6 heteroatoms. The zero-order valence-electron chi connectivity index (χ0n) is 12.3. The number of ether oxygens (including phenoxy) is 1. The average Bonchev–Trinajstić information content (AvgIpc) is 2.54. The Bertz CT molecular complexity index is 767. The molecule has 0 atom stereocenters. The number of nitrogens with one attached hydrogen (secondary N) is 1. The van der Waals surface area contributed by atoms with E-state index in [9.17, 15) is 14.7 Å². The Morgan fingerprint density at radius 1 is 1.17 bits per heavy atom. The lowest BCUT2D eigenvalue weighted by molar-refractivity contribution is -0.111. The molecule has 0 aliphatic rings. The SMILES string of the molecule is COc1cccc(/C=C/C(=O)Nc2ccc(O)c(C(=O)O)c2)c1. The van der Waals surface area contributed by atoms with Gasteiger partial charge in [-0.15, -0.1) is 0 Å². The van der Waals surface area contributed by atoms with Gasteiger partial charge in [-0.05, 0) is 42.0 Å². The van der Waals surface area contributed by atoms with E-state index < -0.39 is 11.9 Å². The zero-order valence-corrected chi connectivity index (χ0v) is 12.3. The minimum atomic E-state index is -1.27. The first-order valence-corrected chi connectivity index (χ1v) is 6.69. The van der Waals surface area contributed by atoms with Crippen LogP contribution in [0.4, 0.5) is 5.69 Å². The van der Waals surface area contributed by atoms with Crippen molar-refractivity contribution in [1.29, 1.82) is 0 Å². The third-order valence-electron chi connectivity index (χ3n) is 3.02. The van der Waals surface area contributed by atoms with E-state index in [1.54, 1.807) is 31.4 Å². The third-order valence-corrected chi connectivity index (χ3v) is 3.02. The second-order valence-electron chi connectivity index (χ2n) is 4.64. The van der Waals surface area contributed by atoms with Gasteiger partial charge in [0, 0.05) is 11.8 Å². The van der Waals surface area contributed by atoms with Crippen LogP contribution in [0.3, 0.4) is 0 Å². The van der Waals surface area contributed by atoms with Gasteiger partial charge in [0.1, 0.15) is 17.1 Å². The molecule has 0 spiro atoms. The Morgan fingerprint density at radius 3 is 2.65 bits per heavy atom. The summed E-state index contributed by atoms with van der Waals surface area (Å²) in [4.78, 5) is 22.8. The Hall–Kier alpha value is -3.28. The molecule has 0 bridgehead atoms. The Balaban J connectivity index is 2.08. The number of hydrogen-bond donors (Lipinski definition) is 3. The second kappa shape index (κ2) is 7.13. The van der Waals surface area contributed by atoms with Crippen LogP contribution >= 0.6 is 0 Å². The van der Waals surface area contributed by atoms with E-state index in [4.69, 9.17) is 9.84 Å². The number of amides is 1. The molecule has 0 radical (unpaired) electrons. The summed E-state index contributed by atoms with van der Waals surface area (Å²) in [5.41, 5.74) is 0.788. The molecule has 6 nitrogen and oxygen atoms in total. The number of anilines is 1. The van der Waals surface area contributed by atoms with Gasteiger partial charge in [-0.3, -0.25) is 4.79 Å². The van der Waals surface area contributed by atoms with E-state index in [1.165, 1.54) is 24.3 Å². The maximum atomic E-state index is 11.9. The van der Waals surface area contributed by atoms with Crippen LogP contribution in [0.1, 0.15) is 15.9 Å². The number of methoxy groups -OCH3 is 1. The topological polar surface area (TPSA) is 95.9 Å². The molecule has 0 saturated carbocycles. The molecule has 2 aromatic rings. The number of hydrogen-bond acceptors (Lipinski definition) is 4. The minimum absolute atomic E-state index is 0.278. The van der Waals surface area contributed by atoms with Crippen molar-refractivity contribution in [3.8, 4) is 11.5 Å². The number of carboxylic acids is 1. The highest BCUT2D eigenvalue weighted by Gasteiger charge is 2.10. The molecule has 0 heterocycles. The minimum Gasteiger partial charge on any atom is -0.507 e. The van der Waals surface area contributed by atoms with Gasteiger partial charge in [-0.25, -0.2) is 4.79 Å². The highest BCUT2D eigenvalue weighted by atomic mass is 16.5. The number of phenols is 1. The number of aromatic hydroxyl groups is 1. The molecule has 23 heavy (non-hydrogen) atoms. The maximum Gasteiger partial charge on any atom is 0.339 e. The van der Waals surface area contributed by atoms with Gasteiger partial charge in [-0.1, -0.05) is 12.1 Å². The van der Waals surface area contributed by atoms with Gasteiger partial charge in [0.2, 0.25) is 5.91 Å². The number of benzene rings is 2. The monoisotopic (exact) mass is 313 g/mol. The Kier molecular flexibility index (Phi) is 4.99. The molecule has 0 aliphatic carbocycles. The second-order valence-corrected chi connectivity index (χ2v) is 4.64. The van der Waals surface area contributed by atoms with Crippen LogP contribution in [0.15, 0.2) is 48.5 Å². The van der Waals surface area contributed by atoms with Crippen LogP contribution in [0, 0.1) is 0 Å². The van der Waals surface area contributed by atoms with E-state index in [0.29, 0.717) is 5.75 Å². The zero-order chi connectivity index (χ0) is 16.8. The van der Waals surface area contributed by atoms with Gasteiger partial charge in [0.25, 0.3) is 0 Å². The standard InChI is InChI=1S/C17H15NO5/c1-23-13-4-2-3-11(9-13)5-8-16(20)18-12-6-7-15(19)14(10-12)17(21)22/h2-10,19H,1H3,(H,18,20)(H,21,22)/b8-5+. The van der Waals surface area contributed by atoms with Crippen molar-refractivity contribution in [3.05, 3.63) is 59.7 Å². The molecular formula is C17H15NO5. The van der Waals surface area contributed by atoms with Crippen LogP contribution in [-0.2, 0) is 4.79 Å². The molecule has 0 aromatic heterocycles. The number of carbonyl (C=O) groups is 2. The fraction of sp³-hybridized carbons (Fsp3) is 0.0588. The van der Waals surface area contributed by atoms with Crippen LogP contribution in [0.2, 0.25) is 0 Å². The fourth-order valence-corrected chi connectivity index (χ4v) is 1.89. The number of carboxylic acid groups (broad SMARTS) is 1. The van der Waals surface area contributed by atoms with Gasteiger partial charge in [0.05, 0.1) is 7.11 Å². The van der Waals surface area contributed by atoms with Crippen molar-refractivity contribution in [2.45, 2.75) is 0 Å². The van der Waals surface area contributed by atoms with Crippen molar-refractivity contribution < 1.29 is 24.5 Å². The molecule has 0 aliphatic heterocycles. The molecule has 2 aromatic carbocycles. The van der Waals surface area contributed by atoms with Crippen molar-refractivity contribution in [3.63, 3.8) is 0 Å². The molecule has 0 saturated heterocycles. The summed E-state index contributed by atoms with van der Waals surface area (Å²) >= 11 is 0. The summed E-state index contributed by atoms with van der Waals surface area (Å²) in [6.45, 7) is 0. The lowest BCUT2D eigenvalue weighted by atomic mass is 10.1. The normalized spacial score (nSPS) is 10.5. The highest BCUT2D eigenvalue weighted by Crippen LogP contribution is 2.21. The van der Waals surface area contributed by atoms with Crippen molar-refractivity contribution >= 4 is 23.6 Å². The maximum absolute atomic E-state index is 11.9. The molecule has 118 valence electrons. The predicted molar refractivity (Wildman–Crippen MR) is 85.7 cm³/mol. The Labute approximate surface area is 132 Å². The lowest BCUT2D eigenvalue weighted by Crippen LogP contribution is -2.08. The summed E-state index contributed by atoms with van der Waals surface area (Å²) in [7, 11) is 1.56. The summed E-state index contributed by atoms with van der Waals surface area (Å²) < 4.78 is 5.09. The van der Waals surface area contributed by atoms with Crippen LogP contribution in [0.25, 0.3) is 6.08 Å². The van der Waals surface area contributed by atoms with E-state index in [-0.39, 0.29) is 17.0 Å². The van der Waals surface area contributed by atoms with Crippen molar-refractivity contribution in [1.82, 2.24) is 0 Å². The average molecular weight is 313 g/mol. The first-order chi connectivity index (χ1) is 11.0. The molecule has 3 N–H and O–H groups in total.